The highest BCUT2D eigenvalue weighted by Crippen LogP contribution is 2.36. The summed E-state index contributed by atoms with van der Waals surface area (Å²) >= 11 is 3.43. The quantitative estimate of drug-likeness (QED) is 0.349. The summed E-state index contributed by atoms with van der Waals surface area (Å²) in [6.07, 6.45) is 1.66. The van der Waals surface area contributed by atoms with E-state index >= 15 is 0 Å². The molecule has 0 unspecified atom stereocenters. The van der Waals surface area contributed by atoms with Gasteiger partial charge in [-0.2, -0.15) is 0 Å². The summed E-state index contributed by atoms with van der Waals surface area (Å²) in [6.45, 7) is 3.28. The predicted molar refractivity (Wildman–Crippen MR) is 132 cm³/mol. The third-order valence-corrected chi connectivity index (χ3v) is 8.36. The molecule has 0 aromatic heterocycles. The molecule has 2 atom stereocenters. The molecule has 1 aliphatic heterocycles. The number of phenolic OH excluding ortho intramolecular Hbond substituents is 1. The smallest absolute Gasteiger partial charge is 0.163 e. The Bertz CT molecular complexity index is 1120. The van der Waals surface area contributed by atoms with Crippen LogP contribution < -0.4 is 0 Å². The first-order valence-electron chi connectivity index (χ1n) is 10.6. The van der Waals surface area contributed by atoms with Crippen molar-refractivity contribution in [3.8, 4) is 5.75 Å². The number of phenols is 1. The van der Waals surface area contributed by atoms with Crippen LogP contribution >= 0.6 is 15.9 Å². The number of allylic oxidation sites excluding steroid dienone is 1. The lowest BCUT2D eigenvalue weighted by Gasteiger charge is -2.21. The van der Waals surface area contributed by atoms with E-state index in [2.05, 4.69) is 15.9 Å². The molecule has 0 saturated carbocycles. The molecular weight excluding hydrogens is 492 g/mol. The highest BCUT2D eigenvalue weighted by Gasteiger charge is 2.41. The minimum atomic E-state index is -3.51. The van der Waals surface area contributed by atoms with E-state index in [1.807, 2.05) is 56.3 Å². The fourth-order valence-corrected chi connectivity index (χ4v) is 6.61. The summed E-state index contributed by atoms with van der Waals surface area (Å²) in [4.78, 5) is 0. The Morgan fingerprint density at radius 2 is 1.88 bits per heavy atom. The van der Waals surface area contributed by atoms with Gasteiger partial charge in [-0.3, -0.25) is 0 Å². The fourth-order valence-electron chi connectivity index (χ4n) is 4.17. The highest BCUT2D eigenvalue weighted by atomic mass is 79.9. The normalized spacial score (nSPS) is 19.6. The Labute approximate surface area is 198 Å². The molecule has 172 valence electrons. The zero-order chi connectivity index (χ0) is 23.5. The second-order valence-corrected chi connectivity index (χ2v) is 11.5. The standard InChI is InChI=1S/C25H29BrO5S/c1-16(2)21-15-32(30,31)24(14-27)25(21)23(29)10-8-18(17-6-4-3-5-7-17)12-19-13-20(26)9-11-22(19)28/h3-7,9,11-13,16,23-24,27-29H,8,10,14-15H2,1-2H3/b18-12-/t23-,24+/m1/s1. The molecule has 32 heavy (non-hydrogen) atoms. The molecule has 0 aliphatic carbocycles. The topological polar surface area (TPSA) is 94.8 Å². The van der Waals surface area contributed by atoms with Crippen molar-refractivity contribution in [2.45, 2.75) is 38.0 Å². The number of hydrogen-bond acceptors (Lipinski definition) is 5. The maximum Gasteiger partial charge on any atom is 0.163 e. The third-order valence-electron chi connectivity index (χ3n) is 5.88. The zero-order valence-corrected chi connectivity index (χ0v) is 20.6. The molecule has 0 bridgehead atoms. The van der Waals surface area contributed by atoms with Crippen molar-refractivity contribution in [3.63, 3.8) is 0 Å². The SMILES string of the molecule is CC(C)C1=C([C@H](O)CC/C(=C/c2cc(Br)ccc2O)c2ccccc2)[C@H](CO)S(=O)(=O)C1. The first-order chi connectivity index (χ1) is 15.1. The van der Waals surface area contributed by atoms with Gasteiger partial charge < -0.3 is 15.3 Å². The number of aromatic hydroxyl groups is 1. The van der Waals surface area contributed by atoms with Gasteiger partial charge in [0, 0.05) is 10.0 Å². The summed E-state index contributed by atoms with van der Waals surface area (Å²) in [5, 5.41) is 30.0. The summed E-state index contributed by atoms with van der Waals surface area (Å²) in [5.74, 6) is -0.00166. The Morgan fingerprint density at radius 3 is 2.50 bits per heavy atom. The van der Waals surface area contributed by atoms with Crippen LogP contribution in [0.25, 0.3) is 11.6 Å². The van der Waals surface area contributed by atoms with E-state index in [1.54, 1.807) is 12.1 Å². The second-order valence-electron chi connectivity index (χ2n) is 8.41. The van der Waals surface area contributed by atoms with Gasteiger partial charge in [0.1, 0.15) is 11.0 Å². The van der Waals surface area contributed by atoms with Crippen LogP contribution in [0.1, 0.15) is 37.8 Å². The van der Waals surface area contributed by atoms with Crippen LogP contribution in [0.4, 0.5) is 0 Å². The molecule has 0 radical (unpaired) electrons. The number of benzene rings is 2. The van der Waals surface area contributed by atoms with Gasteiger partial charge in [0.15, 0.2) is 9.84 Å². The van der Waals surface area contributed by atoms with Crippen molar-refractivity contribution in [3.05, 3.63) is 75.3 Å². The fraction of sp³-hybridized carbons (Fsp3) is 0.360. The molecule has 3 rings (SSSR count). The van der Waals surface area contributed by atoms with Gasteiger partial charge in [-0.25, -0.2) is 8.42 Å². The Morgan fingerprint density at radius 1 is 1.19 bits per heavy atom. The van der Waals surface area contributed by atoms with Crippen molar-refractivity contribution >= 4 is 37.4 Å². The minimum Gasteiger partial charge on any atom is -0.507 e. The molecule has 2 aromatic carbocycles. The molecule has 0 saturated heterocycles. The van der Waals surface area contributed by atoms with Crippen LogP contribution in [0.3, 0.4) is 0 Å². The molecule has 1 heterocycles. The lowest BCUT2D eigenvalue weighted by atomic mass is 9.89. The summed E-state index contributed by atoms with van der Waals surface area (Å²) in [5.41, 5.74) is 3.65. The van der Waals surface area contributed by atoms with Gasteiger partial charge in [0.2, 0.25) is 0 Å². The molecule has 5 nitrogen and oxygen atoms in total. The number of hydrogen-bond donors (Lipinski definition) is 3. The first kappa shape index (κ1) is 24.7. The lowest BCUT2D eigenvalue weighted by molar-refractivity contribution is 0.189. The number of aliphatic hydroxyl groups is 2. The third kappa shape index (κ3) is 5.52. The average molecular weight is 521 g/mol. The largest absolute Gasteiger partial charge is 0.507 e. The molecule has 0 fully saturated rings. The number of sulfone groups is 1. The first-order valence-corrected chi connectivity index (χ1v) is 13.1. The van der Waals surface area contributed by atoms with E-state index < -0.39 is 27.8 Å². The van der Waals surface area contributed by atoms with E-state index in [1.165, 1.54) is 0 Å². The highest BCUT2D eigenvalue weighted by molar-refractivity contribution is 9.10. The van der Waals surface area contributed by atoms with E-state index in [9.17, 15) is 23.7 Å². The Hall–Kier alpha value is -1.93. The van der Waals surface area contributed by atoms with E-state index in [0.717, 1.165) is 15.6 Å². The van der Waals surface area contributed by atoms with Crippen molar-refractivity contribution < 1.29 is 23.7 Å². The lowest BCUT2D eigenvalue weighted by Crippen LogP contribution is -2.29. The molecule has 3 N–H and O–H groups in total. The molecule has 7 heteroatoms. The van der Waals surface area contributed by atoms with Crippen LogP contribution in [-0.2, 0) is 9.84 Å². The van der Waals surface area contributed by atoms with Crippen LogP contribution in [-0.4, -0.2) is 47.5 Å². The van der Waals surface area contributed by atoms with Crippen molar-refractivity contribution in [1.29, 1.82) is 0 Å². The van der Waals surface area contributed by atoms with Crippen LogP contribution in [0.2, 0.25) is 0 Å². The van der Waals surface area contributed by atoms with E-state index in [-0.39, 0.29) is 17.4 Å². The van der Waals surface area contributed by atoms with Crippen molar-refractivity contribution in [2.75, 3.05) is 12.4 Å². The van der Waals surface area contributed by atoms with E-state index in [0.29, 0.717) is 29.6 Å². The summed E-state index contributed by atoms with van der Waals surface area (Å²) in [7, 11) is -3.51. The van der Waals surface area contributed by atoms with Gasteiger partial charge >= 0.3 is 0 Å². The second kappa shape index (κ2) is 10.3. The van der Waals surface area contributed by atoms with Crippen LogP contribution in [0, 0.1) is 5.92 Å². The van der Waals surface area contributed by atoms with Crippen LogP contribution in [0.5, 0.6) is 5.75 Å². The van der Waals surface area contributed by atoms with E-state index in [4.69, 9.17) is 0 Å². The van der Waals surface area contributed by atoms with Crippen LogP contribution in [0.15, 0.2) is 64.1 Å². The minimum absolute atomic E-state index is 0.0336. The predicted octanol–water partition coefficient (Wildman–Crippen LogP) is 4.58. The molecular formula is C25H29BrO5S. The zero-order valence-electron chi connectivity index (χ0n) is 18.2. The Kier molecular flexibility index (Phi) is 7.98. The summed E-state index contributed by atoms with van der Waals surface area (Å²) in [6, 6.07) is 14.9. The molecule has 1 aliphatic rings. The van der Waals surface area contributed by atoms with Gasteiger partial charge in [0.25, 0.3) is 0 Å². The van der Waals surface area contributed by atoms with Crippen molar-refractivity contribution in [1.82, 2.24) is 0 Å². The maximum atomic E-state index is 12.5. The van der Waals surface area contributed by atoms with Crippen molar-refractivity contribution in [2.24, 2.45) is 5.92 Å². The molecule has 0 spiro atoms. The monoisotopic (exact) mass is 520 g/mol. The maximum absolute atomic E-state index is 12.5. The number of aliphatic hydroxyl groups excluding tert-OH is 2. The van der Waals surface area contributed by atoms with Gasteiger partial charge in [-0.05, 0) is 65.3 Å². The number of halogens is 1. The molecule has 2 aromatic rings. The number of rotatable bonds is 8. The Balaban J connectivity index is 1.93. The summed E-state index contributed by atoms with van der Waals surface area (Å²) < 4.78 is 25.9. The average Bonchev–Trinajstić information content (AvgIpc) is 3.04. The van der Waals surface area contributed by atoms with Gasteiger partial charge in [-0.15, -0.1) is 0 Å². The van der Waals surface area contributed by atoms with Gasteiger partial charge in [-0.1, -0.05) is 60.1 Å². The van der Waals surface area contributed by atoms with Gasteiger partial charge in [0.05, 0.1) is 18.5 Å². The molecule has 0 amide bonds.